The van der Waals surface area contributed by atoms with Crippen molar-refractivity contribution in [3.8, 4) is 11.1 Å². The lowest BCUT2D eigenvalue weighted by Crippen LogP contribution is -1.76. The SMILES string of the molecule is Cc1ccc(-c2ccccc2)cc1.S. The Bertz CT molecular complexity index is 376. The van der Waals surface area contributed by atoms with E-state index in [4.69, 9.17) is 0 Å². The van der Waals surface area contributed by atoms with Crippen LogP contribution in [0.2, 0.25) is 0 Å². The van der Waals surface area contributed by atoms with Crippen LogP contribution in [0.3, 0.4) is 0 Å². The lowest BCUT2D eigenvalue weighted by atomic mass is 10.0. The molecule has 2 aromatic rings. The van der Waals surface area contributed by atoms with Crippen LogP contribution in [0.25, 0.3) is 11.1 Å². The maximum Gasteiger partial charge on any atom is -0.0184 e. The van der Waals surface area contributed by atoms with Crippen LogP contribution in [0.1, 0.15) is 5.56 Å². The molecule has 0 N–H and O–H groups in total. The molecule has 0 aliphatic heterocycles. The van der Waals surface area contributed by atoms with Gasteiger partial charge >= 0.3 is 0 Å². The van der Waals surface area contributed by atoms with E-state index in [9.17, 15) is 0 Å². The molecule has 0 saturated carbocycles. The summed E-state index contributed by atoms with van der Waals surface area (Å²) in [5.74, 6) is 0. The van der Waals surface area contributed by atoms with Crippen molar-refractivity contribution in [2.45, 2.75) is 6.92 Å². The lowest BCUT2D eigenvalue weighted by molar-refractivity contribution is 1.47. The molecule has 0 saturated heterocycles. The average molecular weight is 202 g/mol. The number of aryl methyl sites for hydroxylation is 1. The minimum absolute atomic E-state index is 0. The second-order valence-corrected chi connectivity index (χ2v) is 3.23. The molecule has 72 valence electrons. The van der Waals surface area contributed by atoms with Gasteiger partial charge in [-0.15, -0.1) is 0 Å². The van der Waals surface area contributed by atoms with Crippen LogP contribution in [-0.4, -0.2) is 0 Å². The van der Waals surface area contributed by atoms with Crippen molar-refractivity contribution in [3.05, 3.63) is 60.2 Å². The van der Waals surface area contributed by atoms with Crippen LogP contribution in [0.4, 0.5) is 0 Å². The van der Waals surface area contributed by atoms with Crippen molar-refractivity contribution in [3.63, 3.8) is 0 Å². The minimum atomic E-state index is 0. The molecule has 1 heteroatoms. The Morgan fingerprint density at radius 1 is 0.643 bits per heavy atom. The Hall–Kier alpha value is -1.21. The molecule has 2 rings (SSSR count). The summed E-state index contributed by atoms with van der Waals surface area (Å²) >= 11 is 0. The highest BCUT2D eigenvalue weighted by molar-refractivity contribution is 7.59. The molecule has 0 bridgehead atoms. The van der Waals surface area contributed by atoms with Gasteiger partial charge in [-0.05, 0) is 18.1 Å². The normalized spacial score (nSPS) is 9.21. The van der Waals surface area contributed by atoms with Crippen molar-refractivity contribution in [1.82, 2.24) is 0 Å². The third kappa shape index (κ3) is 2.39. The van der Waals surface area contributed by atoms with E-state index >= 15 is 0 Å². The van der Waals surface area contributed by atoms with Gasteiger partial charge in [0, 0.05) is 0 Å². The molecular formula is C13H14S. The molecule has 0 atom stereocenters. The number of hydrogen-bond donors (Lipinski definition) is 0. The summed E-state index contributed by atoms with van der Waals surface area (Å²) in [6, 6.07) is 19.0. The van der Waals surface area contributed by atoms with Crippen LogP contribution in [0.5, 0.6) is 0 Å². The lowest BCUT2D eigenvalue weighted by Gasteiger charge is -2.00. The number of hydrogen-bond acceptors (Lipinski definition) is 0. The third-order valence-corrected chi connectivity index (χ3v) is 2.16. The van der Waals surface area contributed by atoms with E-state index in [1.807, 2.05) is 6.07 Å². The molecular weight excluding hydrogens is 188 g/mol. The molecule has 0 aromatic heterocycles. The highest BCUT2D eigenvalue weighted by atomic mass is 32.1. The Balaban J connectivity index is 0.000000980. The molecule has 0 radical (unpaired) electrons. The van der Waals surface area contributed by atoms with Gasteiger partial charge < -0.3 is 0 Å². The average Bonchev–Trinajstić information content (AvgIpc) is 2.20. The number of benzene rings is 2. The van der Waals surface area contributed by atoms with Gasteiger partial charge in [-0.2, -0.15) is 13.5 Å². The summed E-state index contributed by atoms with van der Waals surface area (Å²) < 4.78 is 0. The van der Waals surface area contributed by atoms with E-state index in [-0.39, 0.29) is 13.5 Å². The second kappa shape index (κ2) is 4.87. The van der Waals surface area contributed by atoms with Gasteiger partial charge in [0.15, 0.2) is 0 Å². The Kier molecular flexibility index (Phi) is 3.78. The molecule has 0 heterocycles. The van der Waals surface area contributed by atoms with Crippen molar-refractivity contribution in [2.75, 3.05) is 0 Å². The van der Waals surface area contributed by atoms with Crippen LogP contribution in [0.15, 0.2) is 54.6 Å². The van der Waals surface area contributed by atoms with Gasteiger partial charge in [0.25, 0.3) is 0 Å². The Labute approximate surface area is 92.0 Å². The maximum absolute atomic E-state index is 2.16. The smallest absolute Gasteiger partial charge is 0.0184 e. The van der Waals surface area contributed by atoms with Crippen LogP contribution >= 0.6 is 13.5 Å². The van der Waals surface area contributed by atoms with Crippen LogP contribution in [-0.2, 0) is 0 Å². The molecule has 0 aliphatic carbocycles. The molecule has 0 amide bonds. The summed E-state index contributed by atoms with van der Waals surface area (Å²) in [4.78, 5) is 0. The fourth-order valence-electron chi connectivity index (χ4n) is 1.38. The van der Waals surface area contributed by atoms with Gasteiger partial charge in [0.05, 0.1) is 0 Å². The fraction of sp³-hybridized carbons (Fsp3) is 0.0769. The summed E-state index contributed by atoms with van der Waals surface area (Å²) in [6.07, 6.45) is 0. The molecule has 0 fully saturated rings. The van der Waals surface area contributed by atoms with Gasteiger partial charge in [-0.25, -0.2) is 0 Å². The minimum Gasteiger partial charge on any atom is -0.197 e. The van der Waals surface area contributed by atoms with Crippen molar-refractivity contribution in [1.29, 1.82) is 0 Å². The molecule has 2 aromatic carbocycles. The fourth-order valence-corrected chi connectivity index (χ4v) is 1.38. The highest BCUT2D eigenvalue weighted by Crippen LogP contribution is 2.18. The van der Waals surface area contributed by atoms with Crippen molar-refractivity contribution < 1.29 is 0 Å². The largest absolute Gasteiger partial charge is 0.197 e. The summed E-state index contributed by atoms with van der Waals surface area (Å²) in [6.45, 7) is 2.11. The standard InChI is InChI=1S/C13H12.H2S/c1-11-7-9-13(10-8-11)12-5-3-2-4-6-12;/h2-10H,1H3;1H2. The van der Waals surface area contributed by atoms with Crippen molar-refractivity contribution >= 4 is 13.5 Å². The van der Waals surface area contributed by atoms with E-state index in [1.54, 1.807) is 0 Å². The maximum atomic E-state index is 2.16. The van der Waals surface area contributed by atoms with Crippen LogP contribution in [0, 0.1) is 6.92 Å². The van der Waals surface area contributed by atoms with E-state index in [0.717, 1.165) is 0 Å². The van der Waals surface area contributed by atoms with E-state index in [1.165, 1.54) is 16.7 Å². The highest BCUT2D eigenvalue weighted by Gasteiger charge is 1.93. The third-order valence-electron chi connectivity index (χ3n) is 2.16. The first-order valence-electron chi connectivity index (χ1n) is 4.48. The topological polar surface area (TPSA) is 0 Å². The summed E-state index contributed by atoms with van der Waals surface area (Å²) in [5.41, 5.74) is 3.87. The Morgan fingerprint density at radius 2 is 1.14 bits per heavy atom. The first-order valence-corrected chi connectivity index (χ1v) is 4.48. The first-order chi connectivity index (χ1) is 6.36. The van der Waals surface area contributed by atoms with E-state index in [2.05, 4.69) is 55.5 Å². The molecule has 0 unspecified atom stereocenters. The molecule has 14 heavy (non-hydrogen) atoms. The second-order valence-electron chi connectivity index (χ2n) is 3.23. The summed E-state index contributed by atoms with van der Waals surface area (Å²) in [7, 11) is 0. The zero-order chi connectivity index (χ0) is 9.10. The predicted molar refractivity (Wildman–Crippen MR) is 67.0 cm³/mol. The molecule has 0 aliphatic rings. The van der Waals surface area contributed by atoms with E-state index in [0.29, 0.717) is 0 Å². The van der Waals surface area contributed by atoms with Gasteiger partial charge in [-0.1, -0.05) is 60.2 Å². The number of rotatable bonds is 1. The van der Waals surface area contributed by atoms with E-state index < -0.39 is 0 Å². The predicted octanol–water partition coefficient (Wildman–Crippen LogP) is 3.77. The zero-order valence-corrected chi connectivity index (χ0v) is 9.20. The van der Waals surface area contributed by atoms with Gasteiger partial charge in [0.1, 0.15) is 0 Å². The van der Waals surface area contributed by atoms with Crippen molar-refractivity contribution in [2.24, 2.45) is 0 Å². The molecule has 0 spiro atoms. The Morgan fingerprint density at radius 3 is 1.71 bits per heavy atom. The monoisotopic (exact) mass is 202 g/mol. The quantitative estimate of drug-likeness (QED) is 0.660. The molecule has 0 nitrogen and oxygen atoms in total. The summed E-state index contributed by atoms with van der Waals surface area (Å²) in [5, 5.41) is 0. The zero-order valence-electron chi connectivity index (χ0n) is 8.20. The van der Waals surface area contributed by atoms with Gasteiger partial charge in [0.2, 0.25) is 0 Å². The van der Waals surface area contributed by atoms with Gasteiger partial charge in [-0.3, -0.25) is 0 Å². The first kappa shape index (κ1) is 10.9. The van der Waals surface area contributed by atoms with Crippen LogP contribution < -0.4 is 0 Å².